The SMILES string of the molecule is Cc1cc(C)cc(-c2[nH]c3sc(C(C)(C)C(=O)N4C5CCC4CC5)cc3c2CCCl)c1.Cc1cc(C)cc(-c2[nH]c3sc(C(C)(C)C(=O)N4C5CCC4CC5)cc3c2CCN2CCN(CC(=O)N3CCCC3)C(=O)C2)c1.O=C(CN1CCNCC1=O)N1CCCC1. The molecule has 0 radical (unpaired) electrons. The predicted molar refractivity (Wildman–Crippen MR) is 366 cm³/mol. The van der Waals surface area contributed by atoms with E-state index in [0.717, 1.165) is 135 Å². The van der Waals surface area contributed by atoms with Crippen molar-refractivity contribution in [2.24, 2.45) is 0 Å². The van der Waals surface area contributed by atoms with Gasteiger partial charge in [-0.25, -0.2) is 0 Å². The molecule has 0 saturated carbocycles. The second-order valence-electron chi connectivity index (χ2n) is 28.5. The first kappa shape index (κ1) is 65.0. The number of nitrogens with zero attached hydrogens (tertiary/aromatic N) is 7. The third-order valence-electron chi connectivity index (χ3n) is 21.1. The van der Waals surface area contributed by atoms with Crippen LogP contribution in [0.25, 0.3) is 42.9 Å². The van der Waals surface area contributed by atoms with Gasteiger partial charge in [0.05, 0.1) is 48.4 Å². The van der Waals surface area contributed by atoms with Crippen molar-refractivity contribution in [3.63, 3.8) is 0 Å². The lowest BCUT2D eigenvalue weighted by Crippen LogP contribution is -2.53. The lowest BCUT2D eigenvalue weighted by atomic mass is 9.88. The van der Waals surface area contributed by atoms with E-state index in [0.29, 0.717) is 62.1 Å². The first-order valence-corrected chi connectivity index (χ1v) is 36.0. The Morgan fingerprint density at radius 1 is 0.527 bits per heavy atom. The molecule has 3 N–H and O–H groups in total. The maximum atomic E-state index is 14.0. The van der Waals surface area contributed by atoms with Gasteiger partial charge in [-0.15, -0.1) is 34.3 Å². The van der Waals surface area contributed by atoms with E-state index >= 15 is 0 Å². The van der Waals surface area contributed by atoms with Crippen LogP contribution >= 0.6 is 34.3 Å². The number of halogens is 1. The Bertz CT molecular complexity index is 3640. The zero-order valence-corrected chi connectivity index (χ0v) is 57.4. The minimum Gasteiger partial charge on any atom is -0.346 e. The minimum absolute atomic E-state index is 0.0359. The molecule has 19 heteroatoms. The Labute approximate surface area is 550 Å². The number of likely N-dealkylation sites (tertiary alicyclic amines) is 2. The fraction of sp³-hybridized carbons (Fsp3) is 0.583. The Hall–Kier alpha value is -6.05. The standard InChI is InChI=1S/C36H47N5O3S.C26H31ClN2OS.C10H17N3O2/c1-23-17-24(2)19-25(18-23)33-28(11-14-38-15-16-40(31(42)21-38)22-32(43)39-12-5-6-13-39)29-20-30(45-34(29)37-33)36(3,4)35(44)41-26-7-8-27(41)10-9-26;1-15-11-16(2)13-17(12-15)23-20(9-10-27)21-14-22(31-24(21)28-23)26(3,4)25(30)29-18-5-6-19(29)8-7-18;14-9-7-11-3-6-13(9)8-10(15)12-4-1-2-5-12/h17-20,26-27,37H,5-16,21-22H2,1-4H3;11-14,18-19,28H,5-10H2,1-4H3;11H,1-8H2. The Balaban J connectivity index is 0.000000149. The molecule has 0 aliphatic carbocycles. The number of amides is 6. The first-order valence-electron chi connectivity index (χ1n) is 33.9. The second kappa shape index (κ2) is 27.1. The predicted octanol–water partition coefficient (Wildman–Crippen LogP) is 11.0. The van der Waals surface area contributed by atoms with E-state index in [4.69, 9.17) is 11.6 Å². The molecule has 6 amide bonds. The molecule has 8 fully saturated rings. The molecule has 8 aliphatic rings. The lowest BCUT2D eigenvalue weighted by Gasteiger charge is -2.34. The molecule has 4 bridgehead atoms. The van der Waals surface area contributed by atoms with Crippen LogP contribution in [-0.4, -0.2) is 195 Å². The van der Waals surface area contributed by atoms with E-state index in [1.165, 1.54) is 86.7 Å². The van der Waals surface area contributed by atoms with Crippen molar-refractivity contribution in [2.45, 2.75) is 180 Å². The van der Waals surface area contributed by atoms with Crippen molar-refractivity contribution in [1.82, 2.24) is 49.6 Å². The van der Waals surface area contributed by atoms with Gasteiger partial charge in [-0.2, -0.15) is 0 Å². The van der Waals surface area contributed by atoms with Crippen molar-refractivity contribution in [2.75, 3.05) is 91.0 Å². The molecule has 14 rings (SSSR count). The summed E-state index contributed by atoms with van der Waals surface area (Å²) in [6.45, 7) is 25.0. The number of alkyl halides is 1. The average molecular weight is 1300 g/mol. The minimum atomic E-state index is -0.581. The third kappa shape index (κ3) is 13.6. The fourth-order valence-electron chi connectivity index (χ4n) is 16.0. The quantitative estimate of drug-likeness (QED) is 0.0854. The highest BCUT2D eigenvalue weighted by atomic mass is 35.5. The number of carbonyl (C=O) groups excluding carboxylic acids is 6. The largest absolute Gasteiger partial charge is 0.346 e. The molecule has 0 atom stereocenters. The molecule has 4 aromatic heterocycles. The molecule has 91 heavy (non-hydrogen) atoms. The average Bonchev–Trinajstić information content (AvgIpc) is 1.61. The van der Waals surface area contributed by atoms with Gasteiger partial charge >= 0.3 is 0 Å². The van der Waals surface area contributed by atoms with Crippen LogP contribution in [0.5, 0.6) is 0 Å². The molecule has 488 valence electrons. The number of hydrogen-bond acceptors (Lipinski definition) is 10. The number of carbonyl (C=O) groups is 6. The van der Waals surface area contributed by atoms with E-state index in [1.54, 1.807) is 32.5 Å². The lowest BCUT2D eigenvalue weighted by molar-refractivity contribution is -0.143. The summed E-state index contributed by atoms with van der Waals surface area (Å²) in [5.41, 5.74) is 11.1. The number of fused-ring (bicyclic) bond motifs is 6. The maximum Gasteiger partial charge on any atom is 0.242 e. The smallest absolute Gasteiger partial charge is 0.242 e. The molecule has 6 aromatic rings. The Morgan fingerprint density at radius 2 is 0.934 bits per heavy atom. The van der Waals surface area contributed by atoms with Crippen molar-refractivity contribution in [1.29, 1.82) is 0 Å². The summed E-state index contributed by atoms with van der Waals surface area (Å²) >= 11 is 9.67. The number of piperazine rings is 2. The maximum absolute atomic E-state index is 14.0. The Morgan fingerprint density at radius 3 is 1.33 bits per heavy atom. The summed E-state index contributed by atoms with van der Waals surface area (Å²) < 4.78 is 0. The highest BCUT2D eigenvalue weighted by molar-refractivity contribution is 7.19. The van der Waals surface area contributed by atoms with Gasteiger partial charge in [0.2, 0.25) is 35.4 Å². The van der Waals surface area contributed by atoms with Gasteiger partial charge < -0.3 is 44.7 Å². The number of thiophene rings is 2. The molecule has 12 heterocycles. The fourth-order valence-corrected chi connectivity index (χ4v) is 18.6. The summed E-state index contributed by atoms with van der Waals surface area (Å²) in [4.78, 5) is 102. The van der Waals surface area contributed by atoms with Gasteiger partial charge in [-0.3, -0.25) is 33.7 Å². The van der Waals surface area contributed by atoms with E-state index in [2.05, 4.69) is 134 Å². The second-order valence-corrected chi connectivity index (χ2v) is 30.9. The van der Waals surface area contributed by atoms with Crippen LogP contribution in [0.1, 0.15) is 148 Å². The van der Waals surface area contributed by atoms with Crippen LogP contribution in [0.15, 0.2) is 48.5 Å². The number of hydrogen-bond donors (Lipinski definition) is 3. The summed E-state index contributed by atoms with van der Waals surface area (Å²) in [6, 6.07) is 19.6. The number of rotatable bonds is 15. The number of nitrogens with one attached hydrogen (secondary N) is 3. The van der Waals surface area contributed by atoms with Crippen LogP contribution in [0.2, 0.25) is 0 Å². The van der Waals surface area contributed by atoms with Crippen LogP contribution in [-0.2, 0) is 52.4 Å². The summed E-state index contributed by atoms with van der Waals surface area (Å²) in [7, 11) is 0. The van der Waals surface area contributed by atoms with E-state index in [-0.39, 0.29) is 42.6 Å². The molecular formula is C72H95ClN10O6S2. The molecule has 0 spiro atoms. The summed E-state index contributed by atoms with van der Waals surface area (Å²) in [5.74, 6) is 1.40. The zero-order chi connectivity index (χ0) is 64.0. The Kier molecular flexibility index (Phi) is 19.4. The highest BCUT2D eigenvalue weighted by Crippen LogP contribution is 2.47. The van der Waals surface area contributed by atoms with Crippen LogP contribution in [0.4, 0.5) is 0 Å². The van der Waals surface area contributed by atoms with Crippen molar-refractivity contribution >= 4 is 90.2 Å². The summed E-state index contributed by atoms with van der Waals surface area (Å²) in [6.07, 6.45) is 15.2. The molecule has 16 nitrogen and oxygen atoms in total. The molecule has 0 unspecified atom stereocenters. The number of H-pyrrole nitrogens is 2. The van der Waals surface area contributed by atoms with E-state index in [9.17, 15) is 28.8 Å². The highest BCUT2D eigenvalue weighted by Gasteiger charge is 2.49. The van der Waals surface area contributed by atoms with E-state index < -0.39 is 10.8 Å². The normalized spacial score (nSPS) is 21.9. The van der Waals surface area contributed by atoms with Gasteiger partial charge in [0.1, 0.15) is 9.66 Å². The first-order chi connectivity index (χ1) is 43.6. The number of aromatic nitrogens is 2. The van der Waals surface area contributed by atoms with Gasteiger partial charge in [-0.1, -0.05) is 34.4 Å². The molecule has 8 saturated heterocycles. The molecule has 2 aromatic carbocycles. The van der Waals surface area contributed by atoms with Crippen LogP contribution < -0.4 is 5.32 Å². The molecule has 8 aliphatic heterocycles. The van der Waals surface area contributed by atoms with Crippen molar-refractivity contribution in [3.8, 4) is 22.5 Å². The molecular weight excluding hydrogens is 1200 g/mol. The summed E-state index contributed by atoms with van der Waals surface area (Å²) in [5, 5.41) is 5.40. The number of aromatic amines is 2. The van der Waals surface area contributed by atoms with Gasteiger partial charge in [0, 0.05) is 109 Å². The van der Waals surface area contributed by atoms with E-state index in [1.807, 2.05) is 9.80 Å². The topological polar surface area (TPSA) is 169 Å². The van der Waals surface area contributed by atoms with Gasteiger partial charge in [0.25, 0.3) is 0 Å². The van der Waals surface area contributed by atoms with Crippen LogP contribution in [0, 0.1) is 27.7 Å². The monoisotopic (exact) mass is 1290 g/mol. The van der Waals surface area contributed by atoms with Gasteiger partial charge in [-0.05, 0) is 204 Å². The van der Waals surface area contributed by atoms with Crippen molar-refractivity contribution in [3.05, 3.63) is 91.7 Å². The number of aryl methyl sites for hydroxylation is 5. The number of benzene rings is 2. The van der Waals surface area contributed by atoms with Crippen molar-refractivity contribution < 1.29 is 28.8 Å². The third-order valence-corrected chi connectivity index (χ3v) is 24.0. The van der Waals surface area contributed by atoms with Gasteiger partial charge in [0.15, 0.2) is 0 Å². The van der Waals surface area contributed by atoms with Crippen LogP contribution in [0.3, 0.4) is 0 Å². The zero-order valence-electron chi connectivity index (χ0n) is 55.0.